The van der Waals surface area contributed by atoms with Gasteiger partial charge in [-0.3, -0.25) is 14.6 Å². The number of nitrogens with one attached hydrogen (secondary N) is 1. The zero-order valence-electron chi connectivity index (χ0n) is 20.1. The van der Waals surface area contributed by atoms with Gasteiger partial charge in [0, 0.05) is 11.6 Å². The van der Waals surface area contributed by atoms with Gasteiger partial charge < -0.3 is 14.3 Å². The normalized spacial score (nSPS) is 12.6. The van der Waals surface area contributed by atoms with E-state index >= 15 is 0 Å². The quantitative estimate of drug-likeness (QED) is 0.242. The number of hydrogen-bond donors (Lipinski definition) is 2. The topological polar surface area (TPSA) is 165 Å². The highest BCUT2D eigenvalue weighted by Gasteiger charge is 2.37. The van der Waals surface area contributed by atoms with E-state index in [1.807, 2.05) is 6.07 Å². The molecule has 0 radical (unpaired) electrons. The number of methoxy groups -OCH3 is 1. The van der Waals surface area contributed by atoms with Crippen molar-refractivity contribution in [2.75, 3.05) is 12.9 Å². The number of nitrogens with zero attached hydrogens (tertiary/aromatic N) is 3. The summed E-state index contributed by atoms with van der Waals surface area (Å²) in [5.41, 5.74) is 1.21. The molecule has 5 rings (SSSR count). The van der Waals surface area contributed by atoms with Crippen LogP contribution in [0.4, 0.5) is 4.39 Å². The first-order valence-corrected chi connectivity index (χ1v) is 14.7. The number of rotatable bonds is 9. The van der Waals surface area contributed by atoms with Crippen molar-refractivity contribution < 1.29 is 31.9 Å². The zero-order valence-corrected chi connectivity index (χ0v) is 22.5. The Hall–Kier alpha value is -3.95. The van der Waals surface area contributed by atoms with E-state index in [9.17, 15) is 27.5 Å². The van der Waals surface area contributed by atoms with Crippen LogP contribution in [-0.4, -0.2) is 52.5 Å². The Bertz CT molecular complexity index is 1830. The van der Waals surface area contributed by atoms with E-state index in [0.29, 0.717) is 15.8 Å². The highest BCUT2D eigenvalue weighted by atomic mass is 32.2. The maximum absolute atomic E-state index is 15.0. The molecule has 0 amide bonds. The summed E-state index contributed by atoms with van der Waals surface area (Å²) in [7, 11) is -3.02. The van der Waals surface area contributed by atoms with Gasteiger partial charge in [0.2, 0.25) is 17.7 Å². The van der Waals surface area contributed by atoms with Crippen molar-refractivity contribution >= 4 is 48.7 Å². The van der Waals surface area contributed by atoms with E-state index in [0.717, 1.165) is 29.8 Å². The Labute approximate surface area is 227 Å². The van der Waals surface area contributed by atoms with E-state index in [2.05, 4.69) is 24.9 Å². The van der Waals surface area contributed by atoms with Crippen molar-refractivity contribution in [1.82, 2.24) is 20.2 Å². The summed E-state index contributed by atoms with van der Waals surface area (Å²) in [5, 5.41) is 16.1. The van der Waals surface area contributed by atoms with Gasteiger partial charge in [0.1, 0.15) is 10.8 Å². The van der Waals surface area contributed by atoms with Gasteiger partial charge >= 0.3 is 10.8 Å². The lowest BCUT2D eigenvalue weighted by molar-refractivity contribution is -0.140. The number of ether oxygens (including phenoxy) is 1. The molecule has 39 heavy (non-hydrogen) atoms. The third kappa shape index (κ3) is 5.60. The van der Waals surface area contributed by atoms with Crippen LogP contribution in [0.25, 0.3) is 21.3 Å². The number of carbonyl (C=O) groups excluding carboxylic acids is 1. The number of aromatic nitrogens is 4. The maximum Gasteiger partial charge on any atom is 0.307 e. The van der Waals surface area contributed by atoms with E-state index in [4.69, 9.17) is 4.42 Å². The molecular weight excluding hydrogens is 571 g/mol. The van der Waals surface area contributed by atoms with Crippen LogP contribution in [0.1, 0.15) is 33.3 Å². The SMILES string of the molecule is COC(=O)CCS(=O)(=O)C(c1nnc(Cc2sc(=O)[nH]c2O)o1)c1nc2cc(F)c(-c3ccccc3)cc2s1. The van der Waals surface area contributed by atoms with E-state index in [1.54, 1.807) is 30.3 Å². The van der Waals surface area contributed by atoms with Gasteiger partial charge in [-0.05, 0) is 11.6 Å². The van der Waals surface area contributed by atoms with Crippen molar-refractivity contribution in [3.8, 4) is 17.0 Å². The fourth-order valence-corrected chi connectivity index (χ4v) is 7.54. The molecule has 1 atom stereocenters. The first-order chi connectivity index (χ1) is 18.6. The number of halogens is 1. The largest absolute Gasteiger partial charge is 0.494 e. The number of aromatic hydroxyl groups is 1. The number of sulfone groups is 1. The summed E-state index contributed by atoms with van der Waals surface area (Å²) >= 11 is 1.76. The van der Waals surface area contributed by atoms with Crippen molar-refractivity contribution in [3.05, 3.63) is 79.6 Å². The van der Waals surface area contributed by atoms with Crippen molar-refractivity contribution in [1.29, 1.82) is 0 Å². The first kappa shape index (κ1) is 26.6. The lowest BCUT2D eigenvalue weighted by Crippen LogP contribution is -2.20. The molecule has 3 aromatic heterocycles. The molecule has 15 heteroatoms. The van der Waals surface area contributed by atoms with Gasteiger partial charge in [-0.25, -0.2) is 17.8 Å². The number of H-pyrrole nitrogens is 1. The van der Waals surface area contributed by atoms with Crippen LogP contribution in [0.3, 0.4) is 0 Å². The first-order valence-electron chi connectivity index (χ1n) is 11.3. The Morgan fingerprint density at radius 3 is 2.67 bits per heavy atom. The van der Waals surface area contributed by atoms with Crippen LogP contribution in [0.2, 0.25) is 0 Å². The second-order valence-corrected chi connectivity index (χ2v) is 12.6. The molecule has 0 fully saturated rings. The summed E-state index contributed by atoms with van der Waals surface area (Å²) < 4.78 is 52.7. The molecule has 11 nitrogen and oxygen atoms in total. The lowest BCUT2D eigenvalue weighted by Gasteiger charge is -2.11. The summed E-state index contributed by atoms with van der Waals surface area (Å²) in [5.74, 6) is -2.57. The molecule has 2 N–H and O–H groups in total. The number of fused-ring (bicyclic) bond motifs is 1. The van der Waals surface area contributed by atoms with Gasteiger partial charge in [0.05, 0.1) is 40.8 Å². The number of carbonyl (C=O) groups is 1. The minimum Gasteiger partial charge on any atom is -0.494 e. The smallest absolute Gasteiger partial charge is 0.307 e. The van der Waals surface area contributed by atoms with E-state index in [-0.39, 0.29) is 39.5 Å². The third-order valence-electron chi connectivity index (χ3n) is 5.70. The molecule has 5 aromatic rings. The second kappa shape index (κ2) is 10.7. The standard InChI is InChI=1S/C24H19FN4O7S3/c1-35-19(30)7-8-39(33,34)20(22-29-28-18(36-22)11-17-21(31)27-24(32)38-17)23-26-15-10-14(25)13(9-16(15)37-23)12-5-3-2-4-6-12/h2-6,9-10,20,31H,7-8,11H2,1H3,(H,27,32). The fraction of sp³-hybridized carbons (Fsp3) is 0.208. The number of hydrogen-bond acceptors (Lipinski definition) is 12. The minimum atomic E-state index is -4.16. The second-order valence-electron chi connectivity index (χ2n) is 8.29. The van der Waals surface area contributed by atoms with Crippen LogP contribution >= 0.6 is 22.7 Å². The molecular formula is C24H19FN4O7S3. The predicted octanol–water partition coefficient (Wildman–Crippen LogP) is 3.60. The van der Waals surface area contributed by atoms with E-state index in [1.165, 1.54) is 6.07 Å². The van der Waals surface area contributed by atoms with Crippen LogP contribution in [0.5, 0.6) is 5.88 Å². The summed E-state index contributed by atoms with van der Waals surface area (Å²) in [6.45, 7) is 0. The summed E-state index contributed by atoms with van der Waals surface area (Å²) in [4.78, 5) is 29.5. The number of benzene rings is 2. The minimum absolute atomic E-state index is 0.0452. The van der Waals surface area contributed by atoms with Gasteiger partial charge in [-0.2, -0.15) is 0 Å². The summed E-state index contributed by atoms with van der Waals surface area (Å²) in [6, 6.07) is 11.7. The van der Waals surface area contributed by atoms with E-state index < -0.39 is 43.9 Å². The van der Waals surface area contributed by atoms with Crippen molar-refractivity contribution in [2.24, 2.45) is 0 Å². The Kier molecular flexibility index (Phi) is 7.29. The lowest BCUT2D eigenvalue weighted by atomic mass is 10.1. The highest BCUT2D eigenvalue weighted by Crippen LogP contribution is 2.38. The highest BCUT2D eigenvalue weighted by molar-refractivity contribution is 7.92. The predicted molar refractivity (Wildman–Crippen MR) is 141 cm³/mol. The molecule has 0 saturated carbocycles. The average molecular weight is 591 g/mol. The molecule has 0 aliphatic rings. The van der Waals surface area contributed by atoms with Crippen LogP contribution in [0, 0.1) is 5.82 Å². The number of aromatic amines is 1. The molecule has 202 valence electrons. The maximum atomic E-state index is 15.0. The molecule has 0 aliphatic heterocycles. The van der Waals surface area contributed by atoms with Crippen LogP contribution < -0.4 is 4.87 Å². The van der Waals surface area contributed by atoms with Crippen LogP contribution in [-0.2, 0) is 25.8 Å². The average Bonchev–Trinajstić information content (AvgIpc) is 3.61. The van der Waals surface area contributed by atoms with Crippen LogP contribution in [0.15, 0.2) is 51.7 Å². The molecule has 2 aromatic carbocycles. The Morgan fingerprint density at radius 1 is 1.21 bits per heavy atom. The molecule has 3 heterocycles. The third-order valence-corrected chi connectivity index (χ3v) is 9.72. The monoisotopic (exact) mass is 590 g/mol. The summed E-state index contributed by atoms with van der Waals surface area (Å²) in [6.07, 6.45) is -0.540. The Balaban J connectivity index is 1.57. The number of thiazole rings is 2. The molecule has 1 unspecified atom stereocenters. The van der Waals surface area contributed by atoms with Gasteiger partial charge in [-0.15, -0.1) is 21.5 Å². The molecule has 0 spiro atoms. The van der Waals surface area contributed by atoms with Crippen molar-refractivity contribution in [3.63, 3.8) is 0 Å². The molecule has 0 aliphatic carbocycles. The molecule has 0 saturated heterocycles. The van der Waals surface area contributed by atoms with Crippen molar-refractivity contribution in [2.45, 2.75) is 18.1 Å². The molecule has 0 bridgehead atoms. The van der Waals surface area contributed by atoms with Gasteiger partial charge in [0.15, 0.2) is 15.1 Å². The number of esters is 1. The fourth-order valence-electron chi connectivity index (χ4n) is 3.83. The zero-order chi connectivity index (χ0) is 27.7. The van der Waals surface area contributed by atoms with Gasteiger partial charge in [-0.1, -0.05) is 41.7 Å². The van der Waals surface area contributed by atoms with Gasteiger partial charge in [0.25, 0.3) is 0 Å². The Morgan fingerprint density at radius 2 is 1.97 bits per heavy atom.